The van der Waals surface area contributed by atoms with Crippen LogP contribution in [0.2, 0.25) is 0 Å². The molecule has 10 nitrogen and oxygen atoms in total. The number of ether oxygens (including phenoxy) is 1. The highest BCUT2D eigenvalue weighted by Crippen LogP contribution is 2.15. The SMILES string of the molecule is CCO[Si](OCC)(OCC)OCCCNC(=O)OCCN(C)c1ccc(C=C(C#N)C#N)cc1. The van der Waals surface area contributed by atoms with Gasteiger partial charge in [0, 0.05) is 45.7 Å². The molecule has 0 fully saturated rings. The van der Waals surface area contributed by atoms with E-state index in [9.17, 15) is 4.79 Å². The van der Waals surface area contributed by atoms with Gasteiger partial charge in [0.25, 0.3) is 0 Å². The van der Waals surface area contributed by atoms with E-state index in [-0.39, 0.29) is 12.2 Å². The Bertz CT molecular complexity index is 817. The highest BCUT2D eigenvalue weighted by Gasteiger charge is 2.44. The van der Waals surface area contributed by atoms with Crippen LogP contribution in [-0.2, 0) is 22.4 Å². The zero-order valence-electron chi connectivity index (χ0n) is 20.3. The predicted molar refractivity (Wildman–Crippen MR) is 129 cm³/mol. The molecule has 34 heavy (non-hydrogen) atoms. The first-order chi connectivity index (χ1) is 16.4. The lowest BCUT2D eigenvalue weighted by atomic mass is 10.1. The predicted octanol–water partition coefficient (Wildman–Crippen LogP) is 3.23. The molecular weight excluding hydrogens is 456 g/mol. The molecule has 0 atom stereocenters. The van der Waals surface area contributed by atoms with Gasteiger partial charge >= 0.3 is 15.1 Å². The van der Waals surface area contributed by atoms with Crippen molar-refractivity contribution in [2.75, 3.05) is 58.1 Å². The Morgan fingerprint density at radius 2 is 1.59 bits per heavy atom. The molecule has 0 bridgehead atoms. The number of amides is 1. The van der Waals surface area contributed by atoms with Crippen LogP contribution in [0.3, 0.4) is 0 Å². The van der Waals surface area contributed by atoms with Crippen LogP contribution in [0.4, 0.5) is 10.5 Å². The van der Waals surface area contributed by atoms with Crippen molar-refractivity contribution < 1.29 is 27.2 Å². The van der Waals surface area contributed by atoms with Crippen molar-refractivity contribution in [3.63, 3.8) is 0 Å². The van der Waals surface area contributed by atoms with Gasteiger partial charge in [0.05, 0.1) is 6.54 Å². The van der Waals surface area contributed by atoms with Gasteiger partial charge in [-0.2, -0.15) is 10.5 Å². The second kappa shape index (κ2) is 16.6. The van der Waals surface area contributed by atoms with Gasteiger partial charge in [-0.25, -0.2) is 4.79 Å². The second-order valence-corrected chi connectivity index (χ2v) is 9.01. The van der Waals surface area contributed by atoms with Crippen LogP contribution < -0.4 is 10.2 Å². The highest BCUT2D eigenvalue weighted by atomic mass is 28.4. The van der Waals surface area contributed by atoms with Crippen molar-refractivity contribution >= 4 is 26.9 Å². The average Bonchev–Trinajstić information content (AvgIpc) is 2.83. The van der Waals surface area contributed by atoms with E-state index in [1.54, 1.807) is 0 Å². The molecule has 0 heterocycles. The minimum atomic E-state index is -3.14. The Balaban J connectivity index is 2.33. The Labute approximate surface area is 203 Å². The van der Waals surface area contributed by atoms with Crippen molar-refractivity contribution in [3.05, 3.63) is 35.4 Å². The number of hydrogen-bond donors (Lipinski definition) is 1. The third-order valence-corrected chi connectivity index (χ3v) is 6.86. The van der Waals surface area contributed by atoms with E-state index in [2.05, 4.69) is 5.32 Å². The number of anilines is 1. The number of alkyl carbamates (subject to hydrolysis) is 1. The summed E-state index contributed by atoms with van der Waals surface area (Å²) in [5.74, 6) is 0. The van der Waals surface area contributed by atoms with E-state index < -0.39 is 15.1 Å². The molecule has 0 aromatic heterocycles. The van der Waals surface area contributed by atoms with Crippen LogP contribution >= 0.6 is 0 Å². The standard InChI is InChI=1S/C23H34N4O6Si/c1-5-30-34(31-6-2,32-7-3)33-15-8-13-26-23(28)29-16-14-27(4)22-11-9-20(10-12-22)17-21(18-24)19-25/h9-12,17H,5-8,13-16H2,1-4H3,(H,26,28). The first kappa shape index (κ1) is 29.1. The molecule has 0 aliphatic rings. The third kappa shape index (κ3) is 10.8. The first-order valence-electron chi connectivity index (χ1n) is 11.2. The second-order valence-electron chi connectivity index (χ2n) is 6.86. The third-order valence-electron chi connectivity index (χ3n) is 4.38. The van der Waals surface area contributed by atoms with E-state index in [1.807, 2.05) is 69.1 Å². The van der Waals surface area contributed by atoms with Crippen LogP contribution in [-0.4, -0.2) is 68.3 Å². The lowest BCUT2D eigenvalue weighted by Crippen LogP contribution is -2.49. The summed E-state index contributed by atoms with van der Waals surface area (Å²) in [4.78, 5) is 13.8. The molecule has 1 aromatic rings. The number of allylic oxidation sites excluding steroid dienone is 1. The van der Waals surface area contributed by atoms with E-state index in [0.717, 1.165) is 11.3 Å². The van der Waals surface area contributed by atoms with Gasteiger partial charge in [-0.15, -0.1) is 0 Å². The molecule has 0 spiro atoms. The number of rotatable bonds is 16. The summed E-state index contributed by atoms with van der Waals surface area (Å²) >= 11 is 0. The quantitative estimate of drug-likeness (QED) is 0.211. The Morgan fingerprint density at radius 1 is 1.00 bits per heavy atom. The number of benzene rings is 1. The van der Waals surface area contributed by atoms with E-state index in [0.29, 0.717) is 45.9 Å². The molecule has 0 aliphatic carbocycles. The largest absolute Gasteiger partial charge is 0.679 e. The summed E-state index contributed by atoms with van der Waals surface area (Å²) in [6.45, 7) is 8.26. The number of nitrogens with zero attached hydrogens (tertiary/aromatic N) is 3. The van der Waals surface area contributed by atoms with Crippen molar-refractivity contribution in [2.24, 2.45) is 0 Å². The van der Waals surface area contributed by atoms with Gasteiger partial charge in [0.2, 0.25) is 0 Å². The summed E-state index contributed by atoms with van der Waals surface area (Å²) in [6, 6.07) is 11.0. The maximum Gasteiger partial charge on any atom is 0.679 e. The van der Waals surface area contributed by atoms with Crippen LogP contribution in [0.25, 0.3) is 6.08 Å². The number of likely N-dealkylation sites (N-methyl/N-ethyl adjacent to an activating group) is 1. The van der Waals surface area contributed by atoms with Gasteiger partial charge in [0.1, 0.15) is 24.3 Å². The van der Waals surface area contributed by atoms with Crippen LogP contribution in [0.1, 0.15) is 32.8 Å². The van der Waals surface area contributed by atoms with Gasteiger partial charge < -0.3 is 32.7 Å². The zero-order chi connectivity index (χ0) is 25.2. The normalized spacial score (nSPS) is 10.6. The van der Waals surface area contributed by atoms with Crippen molar-refractivity contribution in [1.82, 2.24) is 5.32 Å². The number of nitrogens with one attached hydrogen (secondary N) is 1. The number of carbonyl (C=O) groups is 1. The van der Waals surface area contributed by atoms with Gasteiger partial charge in [-0.05, 0) is 51.0 Å². The monoisotopic (exact) mass is 490 g/mol. The Kier molecular flexibility index (Phi) is 14.2. The molecule has 0 radical (unpaired) electrons. The Morgan fingerprint density at radius 3 is 2.12 bits per heavy atom. The molecule has 0 aliphatic heterocycles. The molecule has 0 saturated carbocycles. The van der Waals surface area contributed by atoms with Crippen molar-refractivity contribution in [3.8, 4) is 12.1 Å². The lowest BCUT2D eigenvalue weighted by molar-refractivity contribution is -0.0276. The fourth-order valence-electron chi connectivity index (χ4n) is 2.78. The summed E-state index contributed by atoms with van der Waals surface area (Å²) in [5, 5.41) is 20.3. The van der Waals surface area contributed by atoms with Crippen LogP contribution in [0, 0.1) is 22.7 Å². The van der Waals surface area contributed by atoms with Crippen molar-refractivity contribution in [1.29, 1.82) is 10.5 Å². The van der Waals surface area contributed by atoms with Crippen LogP contribution in [0.5, 0.6) is 0 Å². The van der Waals surface area contributed by atoms with E-state index in [1.165, 1.54) is 6.08 Å². The maximum absolute atomic E-state index is 11.9. The molecular formula is C23H34N4O6Si. The summed E-state index contributed by atoms with van der Waals surface area (Å²) in [7, 11) is -1.26. The molecule has 0 unspecified atom stereocenters. The van der Waals surface area contributed by atoms with Gasteiger partial charge in [-0.1, -0.05) is 12.1 Å². The average molecular weight is 491 g/mol. The van der Waals surface area contributed by atoms with E-state index in [4.69, 9.17) is 33.0 Å². The molecule has 11 heteroatoms. The van der Waals surface area contributed by atoms with Crippen molar-refractivity contribution in [2.45, 2.75) is 27.2 Å². The van der Waals surface area contributed by atoms with E-state index >= 15 is 0 Å². The highest BCUT2D eigenvalue weighted by molar-refractivity contribution is 6.53. The molecule has 1 amide bonds. The van der Waals surface area contributed by atoms with Gasteiger partial charge in [-0.3, -0.25) is 0 Å². The summed E-state index contributed by atoms with van der Waals surface area (Å²) in [6.07, 6.45) is 1.57. The maximum atomic E-state index is 11.9. The minimum Gasteiger partial charge on any atom is -0.448 e. The molecule has 1 rings (SSSR count). The first-order valence-corrected chi connectivity index (χ1v) is 12.9. The minimum absolute atomic E-state index is 0.0476. The topological polar surface area (TPSA) is 126 Å². The fraction of sp³-hybridized carbons (Fsp3) is 0.522. The van der Waals surface area contributed by atoms with Crippen LogP contribution in [0.15, 0.2) is 29.8 Å². The molecule has 186 valence electrons. The molecule has 1 aromatic carbocycles. The Hall–Kier alpha value is -2.93. The smallest absolute Gasteiger partial charge is 0.448 e. The van der Waals surface area contributed by atoms with Gasteiger partial charge in [0.15, 0.2) is 0 Å². The lowest BCUT2D eigenvalue weighted by Gasteiger charge is -2.26. The number of hydrogen-bond acceptors (Lipinski definition) is 9. The zero-order valence-corrected chi connectivity index (χ0v) is 21.3. The summed E-state index contributed by atoms with van der Waals surface area (Å²) < 4.78 is 27.8. The number of nitriles is 2. The molecule has 1 N–H and O–H groups in total. The fourth-order valence-corrected chi connectivity index (χ4v) is 4.73. The number of carbonyl (C=O) groups excluding carboxylic acids is 1. The summed E-state index contributed by atoms with van der Waals surface area (Å²) in [5.41, 5.74) is 1.73. The molecule has 0 saturated heterocycles.